The summed E-state index contributed by atoms with van der Waals surface area (Å²) >= 11 is 0. The van der Waals surface area contributed by atoms with E-state index in [9.17, 15) is 4.39 Å². The normalized spacial score (nSPS) is 10.3. The summed E-state index contributed by atoms with van der Waals surface area (Å²) in [6.45, 7) is 2.69. The number of benzene rings is 1. The van der Waals surface area contributed by atoms with Crippen molar-refractivity contribution in [3.63, 3.8) is 0 Å². The number of rotatable bonds is 4. The van der Waals surface area contributed by atoms with Crippen LogP contribution in [0, 0.1) is 17.1 Å². The number of halogens is 1. The molecule has 0 N–H and O–H groups in total. The molecular formula is C13H13FN4. The number of hydrogen-bond acceptors (Lipinski definition) is 3. The molecule has 0 aliphatic carbocycles. The van der Waals surface area contributed by atoms with Crippen LogP contribution < -0.4 is 0 Å². The first kappa shape index (κ1) is 12.2. The van der Waals surface area contributed by atoms with Crippen molar-refractivity contribution in [3.05, 3.63) is 35.8 Å². The summed E-state index contributed by atoms with van der Waals surface area (Å²) in [6.07, 6.45) is 1.91. The SMILES string of the molecule is CCCCn1nnc(C#N)c1-c1ccccc1F. The molecule has 1 heterocycles. The fraction of sp³-hybridized carbons (Fsp3) is 0.308. The van der Waals surface area contributed by atoms with E-state index in [0.717, 1.165) is 12.8 Å². The summed E-state index contributed by atoms with van der Waals surface area (Å²) < 4.78 is 15.4. The maximum atomic E-state index is 13.8. The van der Waals surface area contributed by atoms with Crippen molar-refractivity contribution >= 4 is 0 Å². The fourth-order valence-electron chi connectivity index (χ4n) is 1.77. The molecule has 5 heteroatoms. The average molecular weight is 244 g/mol. The van der Waals surface area contributed by atoms with Crippen LogP contribution in [0.2, 0.25) is 0 Å². The molecule has 2 aromatic rings. The van der Waals surface area contributed by atoms with E-state index < -0.39 is 0 Å². The summed E-state index contributed by atoms with van der Waals surface area (Å²) in [7, 11) is 0. The summed E-state index contributed by atoms with van der Waals surface area (Å²) in [5.74, 6) is -0.367. The first-order valence-electron chi connectivity index (χ1n) is 5.86. The first-order valence-corrected chi connectivity index (χ1v) is 5.86. The van der Waals surface area contributed by atoms with Crippen molar-refractivity contribution in [1.82, 2.24) is 15.0 Å². The number of unbranched alkanes of at least 4 members (excludes halogenated alkanes) is 1. The Morgan fingerprint density at radius 3 is 2.83 bits per heavy atom. The molecule has 0 bridgehead atoms. The Bertz CT molecular complexity index is 583. The molecule has 92 valence electrons. The van der Waals surface area contributed by atoms with Gasteiger partial charge in [-0.25, -0.2) is 9.07 Å². The smallest absolute Gasteiger partial charge is 0.190 e. The predicted octanol–water partition coefficient (Wildman–Crippen LogP) is 2.76. The molecule has 0 aliphatic rings. The van der Waals surface area contributed by atoms with E-state index in [1.54, 1.807) is 22.9 Å². The molecule has 0 radical (unpaired) electrons. The highest BCUT2D eigenvalue weighted by Crippen LogP contribution is 2.24. The summed E-state index contributed by atoms with van der Waals surface area (Å²) in [6, 6.07) is 8.31. The molecule has 0 amide bonds. The van der Waals surface area contributed by atoms with Gasteiger partial charge in [0, 0.05) is 12.1 Å². The fourth-order valence-corrected chi connectivity index (χ4v) is 1.77. The van der Waals surface area contributed by atoms with Gasteiger partial charge in [-0.3, -0.25) is 0 Å². The van der Waals surface area contributed by atoms with E-state index >= 15 is 0 Å². The van der Waals surface area contributed by atoms with Gasteiger partial charge in [-0.2, -0.15) is 5.26 Å². The van der Waals surface area contributed by atoms with E-state index in [1.165, 1.54) is 6.07 Å². The third-order valence-electron chi connectivity index (χ3n) is 2.69. The second-order valence-electron chi connectivity index (χ2n) is 3.96. The quantitative estimate of drug-likeness (QED) is 0.831. The van der Waals surface area contributed by atoms with E-state index in [2.05, 4.69) is 17.2 Å². The molecule has 1 aromatic heterocycles. The standard InChI is InChI=1S/C13H13FN4/c1-2-3-8-18-13(12(9-15)16-17-18)10-6-4-5-7-11(10)14/h4-7H,2-3,8H2,1H3. The van der Waals surface area contributed by atoms with Crippen LogP contribution in [0.1, 0.15) is 25.5 Å². The van der Waals surface area contributed by atoms with Gasteiger partial charge in [0.25, 0.3) is 0 Å². The van der Waals surface area contributed by atoms with E-state index in [-0.39, 0.29) is 11.5 Å². The van der Waals surface area contributed by atoms with Gasteiger partial charge in [-0.15, -0.1) is 5.10 Å². The summed E-state index contributed by atoms with van der Waals surface area (Å²) in [4.78, 5) is 0. The Balaban J connectivity index is 2.51. The van der Waals surface area contributed by atoms with Crippen LogP contribution in [0.25, 0.3) is 11.3 Å². The number of nitrogens with zero attached hydrogens (tertiary/aromatic N) is 4. The van der Waals surface area contributed by atoms with Gasteiger partial charge < -0.3 is 0 Å². The average Bonchev–Trinajstić information content (AvgIpc) is 2.79. The lowest BCUT2D eigenvalue weighted by Gasteiger charge is -2.06. The lowest BCUT2D eigenvalue weighted by molar-refractivity contribution is 0.554. The molecule has 1 aromatic carbocycles. The van der Waals surface area contributed by atoms with Crippen molar-refractivity contribution in [2.45, 2.75) is 26.3 Å². The van der Waals surface area contributed by atoms with Crippen LogP contribution in [0.15, 0.2) is 24.3 Å². The third-order valence-corrected chi connectivity index (χ3v) is 2.69. The Morgan fingerprint density at radius 1 is 1.39 bits per heavy atom. The van der Waals surface area contributed by atoms with Crippen molar-refractivity contribution in [2.75, 3.05) is 0 Å². The second kappa shape index (κ2) is 5.41. The minimum atomic E-state index is -0.367. The molecule has 0 fully saturated rings. The summed E-state index contributed by atoms with van der Waals surface area (Å²) in [5.41, 5.74) is 0.996. The Morgan fingerprint density at radius 2 is 2.17 bits per heavy atom. The van der Waals surface area contributed by atoms with Crippen LogP contribution in [-0.2, 0) is 6.54 Å². The van der Waals surface area contributed by atoms with Gasteiger partial charge in [-0.1, -0.05) is 30.7 Å². The van der Waals surface area contributed by atoms with E-state index in [1.807, 2.05) is 6.07 Å². The molecule has 0 saturated carbocycles. The molecule has 0 spiro atoms. The molecular weight excluding hydrogens is 231 g/mol. The maximum absolute atomic E-state index is 13.8. The third kappa shape index (κ3) is 2.23. The van der Waals surface area contributed by atoms with Gasteiger partial charge in [0.05, 0.1) is 0 Å². The van der Waals surface area contributed by atoms with Gasteiger partial charge in [0.15, 0.2) is 5.69 Å². The van der Waals surface area contributed by atoms with Crippen molar-refractivity contribution in [2.24, 2.45) is 0 Å². The molecule has 0 atom stereocenters. The monoisotopic (exact) mass is 244 g/mol. The van der Waals surface area contributed by atoms with Crippen molar-refractivity contribution in [3.8, 4) is 17.3 Å². The van der Waals surface area contributed by atoms with Crippen LogP contribution in [0.4, 0.5) is 4.39 Å². The lowest BCUT2D eigenvalue weighted by Crippen LogP contribution is -2.03. The Labute approximate surface area is 105 Å². The molecule has 0 saturated heterocycles. The van der Waals surface area contributed by atoms with Crippen LogP contribution in [0.3, 0.4) is 0 Å². The van der Waals surface area contributed by atoms with E-state index in [0.29, 0.717) is 17.8 Å². The molecule has 18 heavy (non-hydrogen) atoms. The molecule has 4 nitrogen and oxygen atoms in total. The van der Waals surface area contributed by atoms with Crippen LogP contribution in [-0.4, -0.2) is 15.0 Å². The predicted molar refractivity (Wildman–Crippen MR) is 65.0 cm³/mol. The first-order chi connectivity index (χ1) is 8.77. The highest BCUT2D eigenvalue weighted by atomic mass is 19.1. The number of nitriles is 1. The molecule has 0 unspecified atom stereocenters. The topological polar surface area (TPSA) is 54.5 Å². The van der Waals surface area contributed by atoms with Crippen LogP contribution in [0.5, 0.6) is 0 Å². The van der Waals surface area contributed by atoms with Crippen molar-refractivity contribution in [1.29, 1.82) is 5.26 Å². The molecule has 2 rings (SSSR count). The van der Waals surface area contributed by atoms with Gasteiger partial charge in [0.2, 0.25) is 0 Å². The Kier molecular flexibility index (Phi) is 3.68. The zero-order valence-electron chi connectivity index (χ0n) is 10.1. The number of aromatic nitrogens is 3. The van der Waals surface area contributed by atoms with Gasteiger partial charge >= 0.3 is 0 Å². The van der Waals surface area contributed by atoms with E-state index in [4.69, 9.17) is 5.26 Å². The minimum Gasteiger partial charge on any atom is -0.243 e. The lowest BCUT2D eigenvalue weighted by atomic mass is 10.1. The maximum Gasteiger partial charge on any atom is 0.190 e. The summed E-state index contributed by atoms with van der Waals surface area (Å²) in [5, 5.41) is 16.7. The van der Waals surface area contributed by atoms with Gasteiger partial charge in [0.1, 0.15) is 17.6 Å². The highest BCUT2D eigenvalue weighted by molar-refractivity contribution is 5.65. The molecule has 0 aliphatic heterocycles. The highest BCUT2D eigenvalue weighted by Gasteiger charge is 2.17. The number of aryl methyl sites for hydroxylation is 1. The largest absolute Gasteiger partial charge is 0.243 e. The van der Waals surface area contributed by atoms with Gasteiger partial charge in [-0.05, 0) is 18.6 Å². The minimum absolute atomic E-state index is 0.163. The zero-order chi connectivity index (χ0) is 13.0. The Hall–Kier alpha value is -2.22. The second-order valence-corrected chi connectivity index (χ2v) is 3.96. The number of hydrogen-bond donors (Lipinski definition) is 0. The van der Waals surface area contributed by atoms with Crippen molar-refractivity contribution < 1.29 is 4.39 Å². The zero-order valence-corrected chi connectivity index (χ0v) is 10.1. The van der Waals surface area contributed by atoms with Crippen LogP contribution >= 0.6 is 0 Å².